The topological polar surface area (TPSA) is 63.1 Å². The fourth-order valence-corrected chi connectivity index (χ4v) is 2.82. The molecule has 1 unspecified atom stereocenters. The molecule has 0 saturated carbocycles. The Labute approximate surface area is 173 Å². The van der Waals surface area contributed by atoms with Crippen molar-refractivity contribution in [1.82, 2.24) is 4.90 Å². The monoisotopic (exact) mass is 424 g/mol. The minimum absolute atomic E-state index is 0.101. The molecule has 0 saturated heterocycles. The maximum atomic E-state index is 12.6. The Kier molecular flexibility index (Phi) is 7.82. The van der Waals surface area contributed by atoms with E-state index in [2.05, 4.69) is 5.32 Å². The van der Waals surface area contributed by atoms with E-state index in [4.69, 9.17) is 4.74 Å². The van der Waals surface area contributed by atoms with Gasteiger partial charge in [-0.15, -0.1) is 0 Å². The molecule has 0 aromatic heterocycles. The Morgan fingerprint density at radius 3 is 2.40 bits per heavy atom. The van der Waals surface area contributed by atoms with Gasteiger partial charge in [0.05, 0.1) is 26.3 Å². The van der Waals surface area contributed by atoms with Gasteiger partial charge < -0.3 is 19.9 Å². The maximum Gasteiger partial charge on any atom is 0.416 e. The van der Waals surface area contributed by atoms with Gasteiger partial charge in [-0.25, -0.2) is 0 Å². The van der Waals surface area contributed by atoms with Crippen LogP contribution in [0.25, 0.3) is 0 Å². The van der Waals surface area contributed by atoms with Gasteiger partial charge >= 0.3 is 6.18 Å². The summed E-state index contributed by atoms with van der Waals surface area (Å²) in [5.41, 5.74) is 0.540. The Morgan fingerprint density at radius 2 is 1.80 bits per heavy atom. The molecule has 0 aliphatic heterocycles. The lowest BCUT2D eigenvalue weighted by Gasteiger charge is -2.20. The van der Waals surface area contributed by atoms with Crippen molar-refractivity contribution in [2.24, 2.45) is 0 Å². The molecule has 30 heavy (non-hydrogen) atoms. The third-order valence-corrected chi connectivity index (χ3v) is 4.40. The van der Waals surface area contributed by atoms with Gasteiger partial charge in [-0.3, -0.25) is 9.59 Å². The Morgan fingerprint density at radius 1 is 1.13 bits per heavy atom. The molecule has 0 radical (unpaired) electrons. The van der Waals surface area contributed by atoms with E-state index in [-0.39, 0.29) is 24.9 Å². The highest BCUT2D eigenvalue weighted by Gasteiger charge is 2.30. The summed E-state index contributed by atoms with van der Waals surface area (Å²) in [5, 5.41) is 2.70. The minimum atomic E-state index is -4.37. The van der Waals surface area contributed by atoms with E-state index in [9.17, 15) is 22.8 Å². The molecule has 2 amide bonds. The van der Waals surface area contributed by atoms with E-state index in [1.807, 2.05) is 0 Å². The van der Waals surface area contributed by atoms with E-state index in [0.717, 1.165) is 17.0 Å². The standard InChI is InChI=1S/C21H24F3N3O3/c1-26(12-15-7-9-16(10-8-15)21(22,23)24)14-20(29)27(2)13-19(28)25-17-5-4-6-18(11-17)30-3/h4-11H,12-14H2,1-3H3,(H,25,28)/p+1. The van der Waals surface area contributed by atoms with Gasteiger partial charge in [0.15, 0.2) is 6.54 Å². The summed E-state index contributed by atoms with van der Waals surface area (Å²) in [6.45, 7) is 0.362. The second-order valence-electron chi connectivity index (χ2n) is 7.04. The zero-order chi connectivity index (χ0) is 22.3. The molecular weight excluding hydrogens is 399 g/mol. The Hall–Kier alpha value is -3.07. The van der Waals surface area contributed by atoms with Gasteiger partial charge in [0.1, 0.15) is 12.3 Å². The van der Waals surface area contributed by atoms with Crippen LogP contribution >= 0.6 is 0 Å². The average molecular weight is 424 g/mol. The van der Waals surface area contributed by atoms with Gasteiger partial charge in [0, 0.05) is 24.4 Å². The summed E-state index contributed by atoms with van der Waals surface area (Å²) in [4.78, 5) is 26.6. The number of ether oxygens (including phenoxy) is 1. The van der Waals surface area contributed by atoms with E-state index < -0.39 is 11.7 Å². The minimum Gasteiger partial charge on any atom is -0.497 e. The number of amides is 2. The lowest BCUT2D eigenvalue weighted by atomic mass is 10.1. The average Bonchev–Trinajstić information content (AvgIpc) is 2.67. The lowest BCUT2D eigenvalue weighted by Crippen LogP contribution is -3.08. The van der Waals surface area contributed by atoms with E-state index in [1.165, 1.54) is 31.2 Å². The number of methoxy groups -OCH3 is 1. The number of carbonyl (C=O) groups is 2. The summed E-state index contributed by atoms with van der Waals surface area (Å²) in [7, 11) is 4.81. The summed E-state index contributed by atoms with van der Waals surface area (Å²) in [6, 6.07) is 11.7. The van der Waals surface area contributed by atoms with Gasteiger partial charge in [-0.05, 0) is 24.3 Å². The highest BCUT2D eigenvalue weighted by Crippen LogP contribution is 2.28. The summed E-state index contributed by atoms with van der Waals surface area (Å²) >= 11 is 0. The number of nitrogens with one attached hydrogen (secondary N) is 2. The van der Waals surface area contributed by atoms with Crippen molar-refractivity contribution in [3.63, 3.8) is 0 Å². The molecule has 2 aromatic carbocycles. The molecule has 162 valence electrons. The quantitative estimate of drug-likeness (QED) is 0.680. The Balaban J connectivity index is 1.83. The summed E-state index contributed by atoms with van der Waals surface area (Å²) in [5.74, 6) is 0.00502. The van der Waals surface area contributed by atoms with Crippen LogP contribution in [0.1, 0.15) is 11.1 Å². The molecule has 0 bridgehead atoms. The van der Waals surface area contributed by atoms with Crippen LogP contribution in [0.2, 0.25) is 0 Å². The highest BCUT2D eigenvalue weighted by molar-refractivity contribution is 5.94. The van der Waals surface area contributed by atoms with Crippen molar-refractivity contribution in [3.8, 4) is 5.75 Å². The molecule has 0 spiro atoms. The third-order valence-electron chi connectivity index (χ3n) is 4.40. The van der Waals surface area contributed by atoms with Crippen LogP contribution < -0.4 is 15.0 Å². The number of anilines is 1. The lowest BCUT2D eigenvalue weighted by molar-refractivity contribution is -0.885. The van der Waals surface area contributed by atoms with Crippen molar-refractivity contribution < 1.29 is 32.4 Å². The van der Waals surface area contributed by atoms with Gasteiger partial charge in [0.25, 0.3) is 5.91 Å². The first kappa shape index (κ1) is 23.2. The fourth-order valence-electron chi connectivity index (χ4n) is 2.82. The van der Waals surface area contributed by atoms with Crippen LogP contribution in [0, 0.1) is 0 Å². The molecule has 0 aliphatic rings. The molecule has 6 nitrogen and oxygen atoms in total. The van der Waals surface area contributed by atoms with Crippen LogP contribution in [0.15, 0.2) is 48.5 Å². The van der Waals surface area contributed by atoms with E-state index in [1.54, 1.807) is 31.3 Å². The van der Waals surface area contributed by atoms with Crippen LogP contribution in [0.5, 0.6) is 5.75 Å². The number of carbonyl (C=O) groups excluding carboxylic acids is 2. The molecule has 0 aliphatic carbocycles. The van der Waals surface area contributed by atoms with Crippen molar-refractivity contribution in [3.05, 3.63) is 59.7 Å². The van der Waals surface area contributed by atoms with Crippen LogP contribution in [0.3, 0.4) is 0 Å². The smallest absolute Gasteiger partial charge is 0.416 e. The Bertz CT molecular complexity index is 870. The second-order valence-corrected chi connectivity index (χ2v) is 7.04. The molecular formula is C21H25F3N3O3+. The zero-order valence-corrected chi connectivity index (χ0v) is 17.0. The molecule has 2 rings (SSSR count). The zero-order valence-electron chi connectivity index (χ0n) is 17.0. The normalized spacial score (nSPS) is 12.2. The van der Waals surface area contributed by atoms with Crippen molar-refractivity contribution in [1.29, 1.82) is 0 Å². The number of alkyl halides is 3. The first-order valence-electron chi connectivity index (χ1n) is 9.24. The maximum absolute atomic E-state index is 12.6. The van der Waals surface area contributed by atoms with Crippen molar-refractivity contribution in [2.75, 3.05) is 39.6 Å². The van der Waals surface area contributed by atoms with Crippen LogP contribution in [0.4, 0.5) is 18.9 Å². The molecule has 0 fully saturated rings. The molecule has 2 aromatic rings. The number of halogens is 3. The molecule has 2 N–H and O–H groups in total. The largest absolute Gasteiger partial charge is 0.497 e. The van der Waals surface area contributed by atoms with Gasteiger partial charge in [-0.2, -0.15) is 13.2 Å². The van der Waals surface area contributed by atoms with E-state index in [0.29, 0.717) is 23.5 Å². The molecule has 0 heterocycles. The number of benzene rings is 2. The predicted molar refractivity (Wildman–Crippen MR) is 106 cm³/mol. The van der Waals surface area contributed by atoms with Crippen LogP contribution in [-0.4, -0.2) is 51.0 Å². The SMILES string of the molecule is COc1cccc(NC(=O)CN(C)C(=O)C[NH+](C)Cc2ccc(C(F)(F)F)cc2)c1. The van der Waals surface area contributed by atoms with E-state index >= 15 is 0 Å². The van der Waals surface area contributed by atoms with Crippen LogP contribution in [-0.2, 0) is 22.3 Å². The second kappa shape index (κ2) is 10.1. The predicted octanol–water partition coefficient (Wildman–Crippen LogP) is 1.83. The molecule has 1 atom stereocenters. The van der Waals surface area contributed by atoms with Crippen molar-refractivity contribution >= 4 is 17.5 Å². The first-order valence-corrected chi connectivity index (χ1v) is 9.24. The van der Waals surface area contributed by atoms with Gasteiger partial charge in [-0.1, -0.05) is 18.2 Å². The number of quaternary nitrogens is 1. The third kappa shape index (κ3) is 7.07. The number of nitrogens with zero attached hydrogens (tertiary/aromatic N) is 1. The van der Waals surface area contributed by atoms with Crippen molar-refractivity contribution in [2.45, 2.75) is 12.7 Å². The number of likely N-dealkylation sites (N-methyl/N-ethyl adjacent to an activating group) is 2. The summed E-state index contributed by atoms with van der Waals surface area (Å²) in [6.07, 6.45) is -4.37. The molecule has 9 heteroatoms. The number of rotatable bonds is 8. The summed E-state index contributed by atoms with van der Waals surface area (Å²) < 4.78 is 43.0. The van der Waals surface area contributed by atoms with Gasteiger partial charge in [0.2, 0.25) is 5.91 Å². The fraction of sp³-hybridized carbons (Fsp3) is 0.333. The number of hydrogen-bond acceptors (Lipinski definition) is 3. The first-order chi connectivity index (χ1) is 14.1. The highest BCUT2D eigenvalue weighted by atomic mass is 19.4. The number of hydrogen-bond donors (Lipinski definition) is 2.